The smallest absolute Gasteiger partial charge is 0.242 e. The van der Waals surface area contributed by atoms with E-state index < -0.39 is 5.54 Å². The second kappa shape index (κ2) is 5.80. The van der Waals surface area contributed by atoms with Crippen LogP contribution in [0.3, 0.4) is 0 Å². The lowest BCUT2D eigenvalue weighted by Gasteiger charge is -2.42. The normalized spacial score (nSPS) is 33.7. The van der Waals surface area contributed by atoms with E-state index in [-0.39, 0.29) is 5.91 Å². The van der Waals surface area contributed by atoms with Crippen LogP contribution in [0.4, 0.5) is 0 Å². The molecule has 0 spiro atoms. The van der Waals surface area contributed by atoms with Gasteiger partial charge in [0.05, 0.1) is 5.54 Å². The number of amides is 1. The Morgan fingerprint density at radius 2 is 1.89 bits per heavy atom. The van der Waals surface area contributed by atoms with Gasteiger partial charge in [-0.05, 0) is 45.7 Å². The molecule has 0 aromatic carbocycles. The number of hydrogen-bond donors (Lipinski definition) is 1. The van der Waals surface area contributed by atoms with Crippen LogP contribution in [-0.4, -0.2) is 54.5 Å². The number of piperidine rings is 1. The van der Waals surface area contributed by atoms with Gasteiger partial charge in [-0.1, -0.05) is 19.8 Å². The summed E-state index contributed by atoms with van der Waals surface area (Å²) >= 11 is 0. The summed E-state index contributed by atoms with van der Waals surface area (Å²) in [6, 6.07) is 0.614. The molecule has 0 bridgehead atoms. The van der Waals surface area contributed by atoms with Crippen molar-refractivity contribution in [1.29, 1.82) is 0 Å². The fraction of sp³-hybridized carbons (Fsp3) is 0.933. The predicted octanol–water partition coefficient (Wildman–Crippen LogP) is 1.45. The van der Waals surface area contributed by atoms with Gasteiger partial charge in [-0.25, -0.2) is 0 Å². The molecule has 4 nitrogen and oxygen atoms in total. The predicted molar refractivity (Wildman–Crippen MR) is 77.8 cm³/mol. The Kier molecular flexibility index (Phi) is 4.51. The number of nitrogens with two attached hydrogens (primary N) is 1. The molecule has 1 saturated heterocycles. The summed E-state index contributed by atoms with van der Waals surface area (Å²) in [6.45, 7) is 3.95. The van der Waals surface area contributed by atoms with Crippen molar-refractivity contribution in [2.24, 2.45) is 11.7 Å². The molecule has 19 heavy (non-hydrogen) atoms. The summed E-state index contributed by atoms with van der Waals surface area (Å²) in [4.78, 5) is 17.0. The molecule has 2 unspecified atom stereocenters. The molecule has 4 heteroatoms. The van der Waals surface area contributed by atoms with Crippen LogP contribution >= 0.6 is 0 Å². The van der Waals surface area contributed by atoms with Gasteiger partial charge in [0.1, 0.15) is 0 Å². The highest BCUT2D eigenvalue weighted by Crippen LogP contribution is 2.32. The molecule has 2 fully saturated rings. The minimum Gasteiger partial charge on any atom is -0.341 e. The van der Waals surface area contributed by atoms with E-state index in [4.69, 9.17) is 5.73 Å². The van der Waals surface area contributed by atoms with Gasteiger partial charge in [0.25, 0.3) is 0 Å². The first-order chi connectivity index (χ1) is 8.92. The third-order valence-electron chi connectivity index (χ3n) is 4.94. The molecule has 0 aromatic rings. The number of hydrogen-bond acceptors (Lipinski definition) is 3. The first-order valence-electron chi connectivity index (χ1n) is 7.67. The van der Waals surface area contributed by atoms with Crippen molar-refractivity contribution in [1.82, 2.24) is 9.80 Å². The molecule has 2 atom stereocenters. The van der Waals surface area contributed by atoms with Crippen LogP contribution in [0.1, 0.15) is 45.4 Å². The van der Waals surface area contributed by atoms with Crippen LogP contribution in [-0.2, 0) is 4.79 Å². The molecule has 1 heterocycles. The highest BCUT2D eigenvalue weighted by molar-refractivity contribution is 5.86. The average molecular weight is 267 g/mol. The number of likely N-dealkylation sites (tertiary alicyclic amines) is 1. The summed E-state index contributed by atoms with van der Waals surface area (Å²) in [5, 5.41) is 0. The molecule has 1 aliphatic heterocycles. The van der Waals surface area contributed by atoms with Gasteiger partial charge in [0.15, 0.2) is 0 Å². The Balaban J connectivity index is 1.93. The molecular formula is C15H29N3O. The molecule has 2 aliphatic rings. The van der Waals surface area contributed by atoms with E-state index in [9.17, 15) is 4.79 Å². The monoisotopic (exact) mass is 267 g/mol. The van der Waals surface area contributed by atoms with Gasteiger partial charge in [-0.2, -0.15) is 0 Å². The second-order valence-corrected chi connectivity index (χ2v) is 6.84. The third-order valence-corrected chi connectivity index (χ3v) is 4.94. The molecule has 1 saturated carbocycles. The Labute approximate surface area is 117 Å². The molecule has 110 valence electrons. The van der Waals surface area contributed by atoms with Crippen LogP contribution in [0.5, 0.6) is 0 Å². The van der Waals surface area contributed by atoms with Crippen LogP contribution in [0, 0.1) is 5.92 Å². The summed E-state index contributed by atoms with van der Waals surface area (Å²) in [5.41, 5.74) is 5.84. The Hall–Kier alpha value is -0.610. The van der Waals surface area contributed by atoms with E-state index in [0.29, 0.717) is 12.0 Å². The first kappa shape index (κ1) is 14.8. The van der Waals surface area contributed by atoms with Gasteiger partial charge in [-0.3, -0.25) is 4.79 Å². The Morgan fingerprint density at radius 3 is 2.42 bits per heavy atom. The number of rotatable bonds is 2. The lowest BCUT2D eigenvalue weighted by Crippen LogP contribution is -2.59. The minimum atomic E-state index is -0.581. The largest absolute Gasteiger partial charge is 0.341 e. The molecule has 0 radical (unpaired) electrons. The van der Waals surface area contributed by atoms with Crippen LogP contribution < -0.4 is 5.73 Å². The summed E-state index contributed by atoms with van der Waals surface area (Å²) < 4.78 is 0. The van der Waals surface area contributed by atoms with Crippen LogP contribution in [0.15, 0.2) is 0 Å². The lowest BCUT2D eigenvalue weighted by molar-refractivity contribution is -0.140. The van der Waals surface area contributed by atoms with Crippen molar-refractivity contribution in [2.75, 3.05) is 27.2 Å². The van der Waals surface area contributed by atoms with Crippen LogP contribution in [0.2, 0.25) is 0 Å². The quantitative estimate of drug-likeness (QED) is 0.824. The van der Waals surface area contributed by atoms with Crippen molar-refractivity contribution in [2.45, 2.75) is 57.0 Å². The van der Waals surface area contributed by atoms with Crippen molar-refractivity contribution in [3.8, 4) is 0 Å². The standard InChI is InChI=1S/C15H29N3O/c1-12-5-4-8-15(16,11-12)14(19)18-9-6-13(7-10-18)17(2)3/h12-13H,4-11,16H2,1-3H3. The highest BCUT2D eigenvalue weighted by Gasteiger charge is 2.41. The number of nitrogens with zero attached hydrogens (tertiary/aromatic N) is 2. The van der Waals surface area contributed by atoms with Crippen molar-refractivity contribution >= 4 is 5.91 Å². The minimum absolute atomic E-state index is 0.205. The molecule has 0 aromatic heterocycles. The first-order valence-corrected chi connectivity index (χ1v) is 7.67. The average Bonchev–Trinajstić information content (AvgIpc) is 2.37. The summed E-state index contributed by atoms with van der Waals surface area (Å²) in [7, 11) is 4.24. The van der Waals surface area contributed by atoms with Crippen molar-refractivity contribution < 1.29 is 4.79 Å². The van der Waals surface area contributed by atoms with Crippen molar-refractivity contribution in [3.05, 3.63) is 0 Å². The molecule has 2 N–H and O–H groups in total. The zero-order valence-electron chi connectivity index (χ0n) is 12.7. The molecule has 2 rings (SSSR count). The maximum absolute atomic E-state index is 12.7. The summed E-state index contributed by atoms with van der Waals surface area (Å²) in [6.07, 6.45) is 6.18. The van der Waals surface area contributed by atoms with E-state index in [1.54, 1.807) is 0 Å². The van der Waals surface area contributed by atoms with Gasteiger partial charge < -0.3 is 15.5 Å². The van der Waals surface area contributed by atoms with Crippen LogP contribution in [0.25, 0.3) is 0 Å². The number of carbonyl (C=O) groups excluding carboxylic acids is 1. The van der Waals surface area contributed by atoms with Gasteiger partial charge in [0.2, 0.25) is 5.91 Å². The summed E-state index contributed by atoms with van der Waals surface area (Å²) in [5.74, 6) is 0.790. The number of carbonyl (C=O) groups is 1. The van der Waals surface area contributed by atoms with Crippen molar-refractivity contribution in [3.63, 3.8) is 0 Å². The Bertz CT molecular complexity index is 323. The molecule has 1 aliphatic carbocycles. The van der Waals surface area contributed by atoms with Gasteiger partial charge in [0, 0.05) is 19.1 Å². The van der Waals surface area contributed by atoms with E-state index in [2.05, 4.69) is 25.9 Å². The SMILES string of the molecule is CC1CCCC(N)(C(=O)N2CCC(N(C)C)CC2)C1. The van der Waals surface area contributed by atoms with E-state index in [0.717, 1.165) is 45.2 Å². The zero-order chi connectivity index (χ0) is 14.0. The van der Waals surface area contributed by atoms with E-state index >= 15 is 0 Å². The zero-order valence-corrected chi connectivity index (χ0v) is 12.7. The lowest BCUT2D eigenvalue weighted by atomic mass is 9.76. The maximum atomic E-state index is 12.7. The van der Waals surface area contributed by atoms with E-state index in [1.165, 1.54) is 6.42 Å². The maximum Gasteiger partial charge on any atom is 0.242 e. The highest BCUT2D eigenvalue weighted by atomic mass is 16.2. The fourth-order valence-electron chi connectivity index (χ4n) is 3.69. The fourth-order valence-corrected chi connectivity index (χ4v) is 3.69. The second-order valence-electron chi connectivity index (χ2n) is 6.84. The topological polar surface area (TPSA) is 49.6 Å². The molecule has 1 amide bonds. The van der Waals surface area contributed by atoms with E-state index in [1.807, 2.05) is 4.90 Å². The Morgan fingerprint density at radius 1 is 1.26 bits per heavy atom. The van der Waals surface area contributed by atoms with Gasteiger partial charge >= 0.3 is 0 Å². The third kappa shape index (κ3) is 3.29. The molecular weight excluding hydrogens is 238 g/mol. The van der Waals surface area contributed by atoms with Gasteiger partial charge in [-0.15, -0.1) is 0 Å².